The van der Waals surface area contributed by atoms with E-state index >= 15 is 4.39 Å². The average molecular weight is 524 g/mol. The maximum Gasteiger partial charge on any atom is 0.255 e. The second-order valence-electron chi connectivity index (χ2n) is 12.4. The third kappa shape index (κ3) is 3.78. The number of nitrogens with one attached hydrogen (secondary N) is 1. The summed E-state index contributed by atoms with van der Waals surface area (Å²) in [7, 11) is 4.22. The van der Waals surface area contributed by atoms with Gasteiger partial charge in [-0.15, -0.1) is 0 Å². The first kappa shape index (κ1) is 25.4. The summed E-state index contributed by atoms with van der Waals surface area (Å²) >= 11 is 0. The van der Waals surface area contributed by atoms with Gasteiger partial charge in [0.25, 0.3) is 17.3 Å². The lowest BCUT2D eigenvalue weighted by Gasteiger charge is -2.39. The lowest BCUT2D eigenvalue weighted by Crippen LogP contribution is -2.46. The van der Waals surface area contributed by atoms with Crippen LogP contribution < -0.4 is 15.0 Å². The maximum atomic E-state index is 16.3. The fraction of sp³-hybridized carbons (Fsp3) is 0.600. The summed E-state index contributed by atoms with van der Waals surface area (Å²) < 4.78 is 29.1. The minimum Gasteiger partial charge on any atom is -0.448 e. The van der Waals surface area contributed by atoms with E-state index in [1.165, 1.54) is 0 Å². The van der Waals surface area contributed by atoms with Crippen LogP contribution in [-0.4, -0.2) is 53.2 Å². The Hall–Kier alpha value is -2.87. The minimum absolute atomic E-state index is 0.139. The number of carbonyl (C=O) groups excluding carboxylic acids is 1. The fourth-order valence-corrected chi connectivity index (χ4v) is 7.11. The minimum atomic E-state index is -0.957. The van der Waals surface area contributed by atoms with Gasteiger partial charge < -0.3 is 24.3 Å². The Kier molecular flexibility index (Phi) is 5.73. The van der Waals surface area contributed by atoms with E-state index in [9.17, 15) is 9.59 Å². The van der Waals surface area contributed by atoms with Gasteiger partial charge in [-0.3, -0.25) is 9.59 Å². The van der Waals surface area contributed by atoms with Crippen molar-refractivity contribution in [3.63, 3.8) is 0 Å². The Morgan fingerprint density at radius 3 is 2.34 bits per heavy atom. The van der Waals surface area contributed by atoms with Crippen LogP contribution >= 0.6 is 0 Å². The number of amides is 1. The quantitative estimate of drug-likeness (QED) is 0.627. The lowest BCUT2D eigenvalue weighted by atomic mass is 9.81. The first-order valence-corrected chi connectivity index (χ1v) is 13.8. The van der Waals surface area contributed by atoms with Gasteiger partial charge in [-0.1, -0.05) is 0 Å². The molecule has 1 spiro atoms. The van der Waals surface area contributed by atoms with Gasteiger partial charge in [0.1, 0.15) is 0 Å². The number of benzene rings is 1. The van der Waals surface area contributed by atoms with E-state index in [2.05, 4.69) is 24.0 Å². The molecule has 2 fully saturated rings. The predicted molar refractivity (Wildman–Crippen MR) is 142 cm³/mol. The van der Waals surface area contributed by atoms with Gasteiger partial charge in [0, 0.05) is 53.2 Å². The van der Waals surface area contributed by atoms with E-state index in [0.717, 1.165) is 49.8 Å². The Labute approximate surface area is 223 Å². The number of aromatic amines is 1. The highest BCUT2D eigenvalue weighted by Gasteiger charge is 2.57. The Bertz CT molecular complexity index is 1390. The summed E-state index contributed by atoms with van der Waals surface area (Å²) in [5.74, 6) is -0.993. The third-order valence-corrected chi connectivity index (χ3v) is 9.59. The van der Waals surface area contributed by atoms with Gasteiger partial charge in [-0.25, -0.2) is 4.39 Å². The van der Waals surface area contributed by atoms with E-state index in [1.807, 2.05) is 33.8 Å². The van der Waals surface area contributed by atoms with E-state index in [0.29, 0.717) is 40.6 Å². The topological polar surface area (TPSA) is 74.9 Å². The molecule has 2 saturated carbocycles. The standard InChI is InChI=1S/C30H38FN3O4/c1-16-13-17(2)32-27(35)21(16)14-34-15-30(11-12-30)23-22(28(34)36)18(3)25-26(24(23)31)38-29(4,37-25)19-7-9-20(10-8-19)33(5)6/h13,19-20H,7-12,14-15H2,1-6H3,(H,32,35)/t19?,20?,29-/m1/s1. The number of aromatic nitrogens is 1. The fourth-order valence-electron chi connectivity index (χ4n) is 7.11. The smallest absolute Gasteiger partial charge is 0.255 e. The highest BCUT2D eigenvalue weighted by molar-refractivity contribution is 6.00. The number of halogens is 1. The van der Waals surface area contributed by atoms with Gasteiger partial charge in [0.15, 0.2) is 11.6 Å². The number of carbonyl (C=O) groups is 1. The van der Waals surface area contributed by atoms with Crippen molar-refractivity contribution < 1.29 is 18.7 Å². The molecule has 2 aliphatic heterocycles. The zero-order chi connectivity index (χ0) is 27.1. The van der Waals surface area contributed by atoms with E-state index in [4.69, 9.17) is 9.47 Å². The van der Waals surface area contributed by atoms with Crippen LogP contribution in [0, 0.1) is 32.5 Å². The second kappa shape index (κ2) is 8.57. The van der Waals surface area contributed by atoms with Gasteiger partial charge in [-0.05, 0) is 85.0 Å². The first-order chi connectivity index (χ1) is 17.9. The Morgan fingerprint density at radius 2 is 1.74 bits per heavy atom. The summed E-state index contributed by atoms with van der Waals surface area (Å²) in [4.78, 5) is 33.5. The van der Waals surface area contributed by atoms with Crippen molar-refractivity contribution in [2.75, 3.05) is 20.6 Å². The van der Waals surface area contributed by atoms with Crippen LogP contribution in [0.1, 0.15) is 83.8 Å². The molecule has 0 radical (unpaired) electrons. The number of rotatable bonds is 4. The summed E-state index contributed by atoms with van der Waals surface area (Å²) in [6, 6.07) is 2.45. The first-order valence-electron chi connectivity index (χ1n) is 13.8. The van der Waals surface area contributed by atoms with Crippen LogP contribution in [-0.2, 0) is 12.0 Å². The van der Waals surface area contributed by atoms with Gasteiger partial charge >= 0.3 is 0 Å². The van der Waals surface area contributed by atoms with Crippen molar-refractivity contribution in [1.82, 2.24) is 14.8 Å². The van der Waals surface area contributed by atoms with E-state index < -0.39 is 17.0 Å². The number of fused-ring (bicyclic) bond motifs is 3. The summed E-state index contributed by atoms with van der Waals surface area (Å²) in [6.07, 6.45) is 5.57. The van der Waals surface area contributed by atoms with Crippen molar-refractivity contribution >= 4 is 5.91 Å². The number of ether oxygens (including phenoxy) is 2. The molecule has 1 aromatic heterocycles. The molecular formula is C30H38FN3O4. The molecule has 0 unspecified atom stereocenters. The highest BCUT2D eigenvalue weighted by atomic mass is 19.1. The molecule has 38 heavy (non-hydrogen) atoms. The largest absolute Gasteiger partial charge is 0.448 e. The van der Waals surface area contributed by atoms with Gasteiger partial charge in [0.2, 0.25) is 5.75 Å². The van der Waals surface area contributed by atoms with Crippen LogP contribution in [0.25, 0.3) is 0 Å². The predicted octanol–water partition coefficient (Wildman–Crippen LogP) is 4.73. The second-order valence-corrected chi connectivity index (χ2v) is 12.4. The van der Waals surface area contributed by atoms with Crippen molar-refractivity contribution in [2.45, 2.75) is 90.0 Å². The molecule has 1 aromatic carbocycles. The number of pyridine rings is 1. The molecule has 8 heteroatoms. The lowest BCUT2D eigenvalue weighted by molar-refractivity contribution is -0.124. The van der Waals surface area contributed by atoms with Gasteiger partial charge in [-0.2, -0.15) is 0 Å². The summed E-state index contributed by atoms with van der Waals surface area (Å²) in [5, 5.41) is 0. The molecule has 1 atom stereocenters. The van der Waals surface area contributed by atoms with E-state index in [1.54, 1.807) is 4.90 Å². The number of hydrogen-bond acceptors (Lipinski definition) is 5. The molecule has 1 amide bonds. The van der Waals surface area contributed by atoms with E-state index in [-0.39, 0.29) is 29.7 Å². The molecular weight excluding hydrogens is 485 g/mol. The molecule has 204 valence electrons. The summed E-state index contributed by atoms with van der Waals surface area (Å²) in [6.45, 7) is 8.09. The van der Waals surface area contributed by atoms with Crippen molar-refractivity contribution in [1.29, 1.82) is 0 Å². The zero-order valence-electron chi connectivity index (χ0n) is 23.3. The van der Waals surface area contributed by atoms with Crippen molar-refractivity contribution in [3.8, 4) is 11.5 Å². The van der Waals surface area contributed by atoms with Crippen LogP contribution in [0.15, 0.2) is 10.9 Å². The molecule has 0 saturated heterocycles. The zero-order valence-corrected chi connectivity index (χ0v) is 23.3. The number of aryl methyl sites for hydroxylation is 2. The van der Waals surface area contributed by atoms with Crippen LogP contribution in [0.5, 0.6) is 11.5 Å². The SMILES string of the molecule is Cc1cc(C)c(CN2CC3(CC3)c3c(F)c4c(c(C)c3C2=O)O[C@@](C)(C2CCC(N(C)C)CC2)O4)c(=O)[nH]1. The third-order valence-electron chi connectivity index (χ3n) is 9.59. The normalized spacial score (nSPS) is 27.3. The highest BCUT2D eigenvalue weighted by Crippen LogP contribution is 2.59. The van der Waals surface area contributed by atoms with Crippen molar-refractivity contribution in [3.05, 3.63) is 55.7 Å². The van der Waals surface area contributed by atoms with Crippen molar-refractivity contribution in [2.24, 2.45) is 5.92 Å². The van der Waals surface area contributed by atoms with Crippen LogP contribution in [0.2, 0.25) is 0 Å². The average Bonchev–Trinajstić information content (AvgIpc) is 3.53. The van der Waals surface area contributed by atoms with Crippen LogP contribution in [0.4, 0.5) is 4.39 Å². The molecule has 6 rings (SSSR count). The molecule has 4 aliphatic rings. The molecule has 1 N–H and O–H groups in total. The monoisotopic (exact) mass is 523 g/mol. The molecule has 3 heterocycles. The Morgan fingerprint density at radius 1 is 1.08 bits per heavy atom. The molecule has 0 bridgehead atoms. The number of nitrogens with zero attached hydrogens (tertiary/aromatic N) is 2. The number of H-pyrrole nitrogens is 1. The van der Waals surface area contributed by atoms with Gasteiger partial charge in [0.05, 0.1) is 12.1 Å². The Balaban J connectivity index is 1.35. The number of hydrogen-bond donors (Lipinski definition) is 1. The molecule has 2 aliphatic carbocycles. The maximum absolute atomic E-state index is 16.3. The summed E-state index contributed by atoms with van der Waals surface area (Å²) in [5.41, 5.74) is 3.09. The van der Waals surface area contributed by atoms with Crippen LogP contribution in [0.3, 0.4) is 0 Å². The molecule has 7 nitrogen and oxygen atoms in total. The molecule has 2 aromatic rings.